The Kier molecular flexibility index (Phi) is 2.43. The molecule has 0 amide bonds. The zero-order valence-electron chi connectivity index (χ0n) is 6.30. The van der Waals surface area contributed by atoms with Gasteiger partial charge in [-0.2, -0.15) is 0 Å². The van der Waals surface area contributed by atoms with Crippen LogP contribution in [0.2, 0.25) is 0 Å². The average Bonchev–Trinajstić information content (AvgIpc) is 1.84. The number of hydrogen-bond donors (Lipinski definition) is 1. The predicted molar refractivity (Wildman–Crippen MR) is 44.4 cm³/mol. The first kappa shape index (κ1) is 7.26. The first-order chi connectivity index (χ1) is 4.79. The summed E-state index contributed by atoms with van der Waals surface area (Å²) in [7, 11) is 0. The molecule has 1 aliphatic rings. The van der Waals surface area contributed by atoms with Crippen LogP contribution >= 0.6 is 0 Å². The molecule has 10 heavy (non-hydrogen) atoms. The lowest BCUT2D eigenvalue weighted by atomic mass is 10.0. The first-order valence-electron chi connectivity index (χ1n) is 3.70. The lowest BCUT2D eigenvalue weighted by molar-refractivity contribution is 0.602. The van der Waals surface area contributed by atoms with Gasteiger partial charge in [0.2, 0.25) is 0 Å². The number of rotatable bonds is 0. The Morgan fingerprint density at radius 3 is 2.30 bits per heavy atom. The second-order valence-electron chi connectivity index (χ2n) is 2.84. The van der Waals surface area contributed by atoms with Gasteiger partial charge >= 0.3 is 0 Å². The van der Waals surface area contributed by atoms with E-state index in [-0.39, 0.29) is 0 Å². The molecule has 1 N–H and O–H groups in total. The second kappa shape index (κ2) is 3.35. The molecular formula is C9H13N. The van der Waals surface area contributed by atoms with Crippen molar-refractivity contribution in [3.63, 3.8) is 0 Å². The largest absolute Gasteiger partial charge is 0.301 e. The molecule has 0 aromatic heterocycles. The molecule has 0 atom stereocenters. The van der Waals surface area contributed by atoms with E-state index in [9.17, 15) is 0 Å². The molecule has 0 saturated heterocycles. The summed E-state index contributed by atoms with van der Waals surface area (Å²) in [5.74, 6) is 0.737. The van der Waals surface area contributed by atoms with Gasteiger partial charge in [0.1, 0.15) is 0 Å². The maximum Gasteiger partial charge on any atom is 0.0533 e. The van der Waals surface area contributed by atoms with Gasteiger partial charge < -0.3 is 5.41 Å². The van der Waals surface area contributed by atoms with Crippen LogP contribution in [-0.2, 0) is 0 Å². The number of hydrogen-bond acceptors (Lipinski definition) is 1. The van der Waals surface area contributed by atoms with Gasteiger partial charge in [-0.05, 0) is 30.9 Å². The van der Waals surface area contributed by atoms with E-state index in [0.29, 0.717) is 5.71 Å². The number of allylic oxidation sites excluding steroid dienone is 4. The average molecular weight is 135 g/mol. The molecule has 0 aromatic carbocycles. The molecule has 54 valence electrons. The van der Waals surface area contributed by atoms with Crippen LogP contribution < -0.4 is 0 Å². The fourth-order valence-electron chi connectivity index (χ4n) is 1.01. The molecule has 0 radical (unpaired) electrons. The molecule has 0 fully saturated rings. The molecule has 0 spiro atoms. The highest BCUT2D eigenvalue weighted by Crippen LogP contribution is 2.10. The predicted octanol–water partition coefficient (Wildman–Crippen LogP) is 2.55. The minimum atomic E-state index is 0.618. The highest BCUT2D eigenvalue weighted by molar-refractivity contribution is 6.01. The summed E-state index contributed by atoms with van der Waals surface area (Å²) >= 11 is 0. The first-order valence-corrected chi connectivity index (χ1v) is 3.70. The van der Waals surface area contributed by atoms with Gasteiger partial charge in [-0.3, -0.25) is 0 Å². The third kappa shape index (κ3) is 2.18. The molecule has 0 heterocycles. The van der Waals surface area contributed by atoms with Crippen molar-refractivity contribution in [2.45, 2.75) is 19.8 Å². The van der Waals surface area contributed by atoms with E-state index in [2.05, 4.69) is 19.1 Å². The van der Waals surface area contributed by atoms with Crippen LogP contribution in [0.25, 0.3) is 0 Å². The summed E-state index contributed by atoms with van der Waals surface area (Å²) in [5, 5.41) is 7.32. The monoisotopic (exact) mass is 135 g/mol. The summed E-state index contributed by atoms with van der Waals surface area (Å²) in [4.78, 5) is 0. The van der Waals surface area contributed by atoms with Crippen molar-refractivity contribution >= 4 is 5.71 Å². The van der Waals surface area contributed by atoms with E-state index in [1.807, 2.05) is 12.2 Å². The van der Waals surface area contributed by atoms with E-state index >= 15 is 0 Å². The van der Waals surface area contributed by atoms with Crippen LogP contribution in [0.1, 0.15) is 19.8 Å². The summed E-state index contributed by atoms with van der Waals surface area (Å²) < 4.78 is 0. The normalized spacial score (nSPS) is 32.5. The van der Waals surface area contributed by atoms with Gasteiger partial charge in [0, 0.05) is 0 Å². The SMILES string of the molecule is CC1C/C=C\C(=N)/C=C\C1. The van der Waals surface area contributed by atoms with Crippen molar-refractivity contribution in [2.24, 2.45) is 5.92 Å². The Bertz CT molecular complexity index is 159. The van der Waals surface area contributed by atoms with Crippen LogP contribution in [0.15, 0.2) is 24.3 Å². The molecule has 0 unspecified atom stereocenters. The molecule has 0 bridgehead atoms. The van der Waals surface area contributed by atoms with E-state index in [1.165, 1.54) is 0 Å². The van der Waals surface area contributed by atoms with Crippen LogP contribution in [0, 0.1) is 11.3 Å². The molecule has 1 heteroatoms. The van der Waals surface area contributed by atoms with Crippen LogP contribution in [0.5, 0.6) is 0 Å². The van der Waals surface area contributed by atoms with Gasteiger partial charge in [0.25, 0.3) is 0 Å². The quantitative estimate of drug-likeness (QED) is 0.528. The Morgan fingerprint density at radius 1 is 1.30 bits per heavy atom. The molecule has 1 nitrogen and oxygen atoms in total. The summed E-state index contributed by atoms with van der Waals surface area (Å²) in [6, 6.07) is 0. The van der Waals surface area contributed by atoms with Crippen molar-refractivity contribution in [1.82, 2.24) is 0 Å². The molecular weight excluding hydrogens is 122 g/mol. The Hall–Kier alpha value is -0.850. The Balaban J connectivity index is 2.58. The fourth-order valence-corrected chi connectivity index (χ4v) is 1.01. The van der Waals surface area contributed by atoms with Crippen LogP contribution in [0.3, 0.4) is 0 Å². The zero-order chi connectivity index (χ0) is 7.40. The third-order valence-corrected chi connectivity index (χ3v) is 1.67. The van der Waals surface area contributed by atoms with Gasteiger partial charge in [-0.25, -0.2) is 0 Å². The van der Waals surface area contributed by atoms with Gasteiger partial charge in [-0.15, -0.1) is 0 Å². The van der Waals surface area contributed by atoms with E-state index < -0.39 is 0 Å². The third-order valence-electron chi connectivity index (χ3n) is 1.67. The van der Waals surface area contributed by atoms with Crippen molar-refractivity contribution in [3.05, 3.63) is 24.3 Å². The van der Waals surface area contributed by atoms with Crippen molar-refractivity contribution in [2.75, 3.05) is 0 Å². The standard InChI is InChI=1S/C9H13N/c1-8-4-2-6-9(10)7-3-5-8/h2-3,6-8,10H,4-5H2,1H3/b6-2-,7-3-,10-9?. The maximum absolute atomic E-state index is 7.32. The van der Waals surface area contributed by atoms with Crippen LogP contribution in [0.4, 0.5) is 0 Å². The maximum atomic E-state index is 7.32. The molecule has 1 rings (SSSR count). The fraction of sp³-hybridized carbons (Fsp3) is 0.444. The minimum Gasteiger partial charge on any atom is -0.301 e. The minimum absolute atomic E-state index is 0.618. The van der Waals surface area contributed by atoms with E-state index in [1.54, 1.807) is 0 Å². The Labute approximate surface area is 62.0 Å². The van der Waals surface area contributed by atoms with Crippen molar-refractivity contribution < 1.29 is 0 Å². The lowest BCUT2D eigenvalue weighted by Gasteiger charge is -2.05. The van der Waals surface area contributed by atoms with Gasteiger partial charge in [-0.1, -0.05) is 19.1 Å². The molecule has 0 aromatic rings. The Morgan fingerprint density at radius 2 is 1.80 bits per heavy atom. The number of nitrogens with one attached hydrogen (secondary N) is 1. The van der Waals surface area contributed by atoms with Crippen molar-refractivity contribution in [1.29, 1.82) is 5.41 Å². The van der Waals surface area contributed by atoms with Gasteiger partial charge in [0.05, 0.1) is 5.71 Å². The lowest BCUT2D eigenvalue weighted by Crippen LogP contribution is -1.94. The smallest absolute Gasteiger partial charge is 0.0533 e. The summed E-state index contributed by atoms with van der Waals surface area (Å²) in [6.07, 6.45) is 10.1. The topological polar surface area (TPSA) is 23.9 Å². The van der Waals surface area contributed by atoms with Crippen LogP contribution in [-0.4, -0.2) is 5.71 Å². The molecule has 1 aliphatic carbocycles. The second-order valence-corrected chi connectivity index (χ2v) is 2.84. The summed E-state index contributed by atoms with van der Waals surface area (Å²) in [5.41, 5.74) is 0.618. The molecule has 0 aliphatic heterocycles. The van der Waals surface area contributed by atoms with E-state index in [0.717, 1.165) is 18.8 Å². The summed E-state index contributed by atoms with van der Waals surface area (Å²) in [6.45, 7) is 2.23. The van der Waals surface area contributed by atoms with E-state index in [4.69, 9.17) is 5.41 Å². The van der Waals surface area contributed by atoms with Crippen molar-refractivity contribution in [3.8, 4) is 0 Å². The van der Waals surface area contributed by atoms with Gasteiger partial charge in [0.15, 0.2) is 0 Å². The molecule has 0 saturated carbocycles. The highest BCUT2D eigenvalue weighted by atomic mass is 14.4. The zero-order valence-corrected chi connectivity index (χ0v) is 6.30. The highest BCUT2D eigenvalue weighted by Gasteiger charge is 1.98.